The van der Waals surface area contributed by atoms with Crippen LogP contribution in [0.3, 0.4) is 0 Å². The molecule has 1 aromatic rings. The molecule has 3 heteroatoms. The van der Waals surface area contributed by atoms with Gasteiger partial charge < -0.3 is 15.8 Å². The van der Waals surface area contributed by atoms with E-state index in [4.69, 9.17) is 10.5 Å². The summed E-state index contributed by atoms with van der Waals surface area (Å²) in [6.45, 7) is 10.6. The summed E-state index contributed by atoms with van der Waals surface area (Å²) in [6.07, 6.45) is 0. The second-order valence-corrected chi connectivity index (χ2v) is 6.75. The van der Waals surface area contributed by atoms with Gasteiger partial charge in [-0.1, -0.05) is 26.8 Å². The molecule has 0 saturated heterocycles. The van der Waals surface area contributed by atoms with Gasteiger partial charge in [-0.25, -0.2) is 0 Å². The van der Waals surface area contributed by atoms with Gasteiger partial charge in [-0.15, -0.1) is 0 Å². The summed E-state index contributed by atoms with van der Waals surface area (Å²) < 4.78 is 5.47. The molecule has 0 fully saturated rings. The van der Waals surface area contributed by atoms with E-state index in [2.05, 4.69) is 38.2 Å². The Kier molecular flexibility index (Phi) is 4.64. The molecule has 0 aliphatic heterocycles. The molecule has 1 rings (SSSR count). The lowest BCUT2D eigenvalue weighted by atomic mass is 9.82. The molecule has 108 valence electrons. The van der Waals surface area contributed by atoms with Gasteiger partial charge in [0.2, 0.25) is 0 Å². The quantitative estimate of drug-likeness (QED) is 0.879. The molecule has 0 saturated carbocycles. The Hall–Kier alpha value is -1.06. The summed E-state index contributed by atoms with van der Waals surface area (Å²) >= 11 is 0. The second kappa shape index (κ2) is 5.51. The SMILES string of the molecule is CNC(c1ccc(OC)c(C(C)(C)C)c1)C(C)(C)N. The Balaban J connectivity index is 3.32. The Labute approximate surface area is 117 Å². The van der Waals surface area contributed by atoms with Gasteiger partial charge in [0.25, 0.3) is 0 Å². The van der Waals surface area contributed by atoms with Crippen molar-refractivity contribution in [3.63, 3.8) is 0 Å². The topological polar surface area (TPSA) is 47.3 Å². The Morgan fingerprint density at radius 2 is 1.74 bits per heavy atom. The standard InChI is InChI=1S/C16H28N2O/c1-15(2,3)12-10-11(8-9-13(12)19-7)14(18-6)16(4,5)17/h8-10,14,18H,17H2,1-7H3. The fourth-order valence-electron chi connectivity index (χ4n) is 2.46. The van der Waals surface area contributed by atoms with Crippen LogP contribution in [0.15, 0.2) is 18.2 Å². The number of hydrogen-bond donors (Lipinski definition) is 2. The normalized spacial score (nSPS) is 14.3. The van der Waals surface area contributed by atoms with Crippen molar-refractivity contribution in [1.29, 1.82) is 0 Å². The van der Waals surface area contributed by atoms with E-state index in [0.29, 0.717) is 0 Å². The molecule has 1 atom stereocenters. The molecule has 3 nitrogen and oxygen atoms in total. The van der Waals surface area contributed by atoms with Crippen molar-refractivity contribution in [2.75, 3.05) is 14.2 Å². The first-order valence-corrected chi connectivity index (χ1v) is 6.76. The molecule has 0 aliphatic rings. The van der Waals surface area contributed by atoms with E-state index >= 15 is 0 Å². The smallest absolute Gasteiger partial charge is 0.122 e. The van der Waals surface area contributed by atoms with E-state index in [0.717, 1.165) is 5.75 Å². The van der Waals surface area contributed by atoms with Crippen molar-refractivity contribution in [2.24, 2.45) is 5.73 Å². The van der Waals surface area contributed by atoms with Gasteiger partial charge >= 0.3 is 0 Å². The molecule has 1 aromatic carbocycles. The molecule has 0 spiro atoms. The highest BCUT2D eigenvalue weighted by molar-refractivity contribution is 5.43. The van der Waals surface area contributed by atoms with Crippen molar-refractivity contribution in [3.05, 3.63) is 29.3 Å². The molecule has 0 amide bonds. The van der Waals surface area contributed by atoms with E-state index < -0.39 is 0 Å². The molecule has 0 bridgehead atoms. The predicted molar refractivity (Wildman–Crippen MR) is 81.8 cm³/mol. The number of rotatable bonds is 4. The zero-order valence-corrected chi connectivity index (χ0v) is 13.3. The summed E-state index contributed by atoms with van der Waals surface area (Å²) in [5.74, 6) is 0.931. The maximum Gasteiger partial charge on any atom is 0.122 e. The van der Waals surface area contributed by atoms with Crippen molar-refractivity contribution in [3.8, 4) is 5.75 Å². The van der Waals surface area contributed by atoms with Crippen LogP contribution >= 0.6 is 0 Å². The number of likely N-dealkylation sites (N-methyl/N-ethyl adjacent to an activating group) is 1. The van der Waals surface area contributed by atoms with Crippen molar-refractivity contribution in [1.82, 2.24) is 5.32 Å². The fourth-order valence-corrected chi connectivity index (χ4v) is 2.46. The van der Waals surface area contributed by atoms with Crippen LogP contribution in [0, 0.1) is 0 Å². The number of methoxy groups -OCH3 is 1. The summed E-state index contributed by atoms with van der Waals surface area (Å²) in [4.78, 5) is 0. The van der Waals surface area contributed by atoms with Gasteiger partial charge in [-0.3, -0.25) is 0 Å². The minimum atomic E-state index is -0.321. The summed E-state index contributed by atoms with van der Waals surface area (Å²) in [7, 11) is 3.66. The highest BCUT2D eigenvalue weighted by atomic mass is 16.5. The highest BCUT2D eigenvalue weighted by Gasteiger charge is 2.27. The molecule has 0 heterocycles. The van der Waals surface area contributed by atoms with Crippen molar-refractivity contribution >= 4 is 0 Å². The molecular weight excluding hydrogens is 236 g/mol. The Morgan fingerprint density at radius 1 is 1.16 bits per heavy atom. The molecule has 3 N–H and O–H groups in total. The Bertz CT molecular complexity index is 427. The average molecular weight is 264 g/mol. The third-order valence-electron chi connectivity index (χ3n) is 3.40. The van der Waals surface area contributed by atoms with Crippen LogP contribution in [0.25, 0.3) is 0 Å². The van der Waals surface area contributed by atoms with E-state index in [1.54, 1.807) is 7.11 Å². The third kappa shape index (κ3) is 3.71. The Morgan fingerprint density at radius 3 is 2.11 bits per heavy atom. The third-order valence-corrected chi connectivity index (χ3v) is 3.40. The fraction of sp³-hybridized carbons (Fsp3) is 0.625. The van der Waals surface area contributed by atoms with E-state index in [1.165, 1.54) is 11.1 Å². The van der Waals surface area contributed by atoms with E-state index in [1.807, 2.05) is 27.0 Å². The van der Waals surface area contributed by atoms with Crippen LogP contribution < -0.4 is 15.8 Å². The number of benzene rings is 1. The van der Waals surface area contributed by atoms with Crippen LogP contribution in [-0.4, -0.2) is 19.7 Å². The van der Waals surface area contributed by atoms with Gasteiger partial charge in [0.1, 0.15) is 5.75 Å². The average Bonchev–Trinajstić information content (AvgIpc) is 2.26. The van der Waals surface area contributed by atoms with Crippen LogP contribution in [0.5, 0.6) is 5.75 Å². The van der Waals surface area contributed by atoms with Gasteiger partial charge in [0.05, 0.1) is 7.11 Å². The number of hydrogen-bond acceptors (Lipinski definition) is 3. The minimum Gasteiger partial charge on any atom is -0.496 e. The molecule has 1 unspecified atom stereocenters. The molecular formula is C16H28N2O. The number of nitrogens with two attached hydrogens (primary N) is 1. The number of ether oxygens (including phenoxy) is 1. The first kappa shape index (κ1) is 16.0. The summed E-state index contributed by atoms with van der Waals surface area (Å²) in [5.41, 5.74) is 8.38. The number of nitrogens with one attached hydrogen (secondary N) is 1. The predicted octanol–water partition coefficient (Wildman–Crippen LogP) is 2.99. The lowest BCUT2D eigenvalue weighted by Gasteiger charge is -2.32. The molecule has 19 heavy (non-hydrogen) atoms. The highest BCUT2D eigenvalue weighted by Crippen LogP contribution is 2.35. The second-order valence-electron chi connectivity index (χ2n) is 6.75. The van der Waals surface area contributed by atoms with Crippen LogP contribution in [0.4, 0.5) is 0 Å². The maximum atomic E-state index is 6.26. The van der Waals surface area contributed by atoms with Gasteiger partial charge in [-0.2, -0.15) is 0 Å². The van der Waals surface area contributed by atoms with Crippen LogP contribution in [0.1, 0.15) is 51.8 Å². The van der Waals surface area contributed by atoms with Gasteiger partial charge in [-0.05, 0) is 49.6 Å². The van der Waals surface area contributed by atoms with Crippen LogP contribution in [-0.2, 0) is 5.41 Å². The van der Waals surface area contributed by atoms with Gasteiger partial charge in [0, 0.05) is 11.6 Å². The minimum absolute atomic E-state index is 0.0401. The summed E-state index contributed by atoms with van der Waals surface area (Å²) in [6, 6.07) is 6.43. The molecule has 0 radical (unpaired) electrons. The monoisotopic (exact) mass is 264 g/mol. The lowest BCUT2D eigenvalue weighted by Crippen LogP contribution is -2.45. The van der Waals surface area contributed by atoms with Gasteiger partial charge in [0.15, 0.2) is 0 Å². The zero-order valence-electron chi connectivity index (χ0n) is 13.3. The largest absolute Gasteiger partial charge is 0.496 e. The first-order valence-electron chi connectivity index (χ1n) is 6.76. The van der Waals surface area contributed by atoms with Crippen LogP contribution in [0.2, 0.25) is 0 Å². The molecule has 0 aliphatic carbocycles. The summed E-state index contributed by atoms with van der Waals surface area (Å²) in [5, 5.41) is 3.31. The first-order chi connectivity index (χ1) is 8.61. The lowest BCUT2D eigenvalue weighted by molar-refractivity contribution is 0.366. The van der Waals surface area contributed by atoms with E-state index in [-0.39, 0.29) is 17.0 Å². The maximum absolute atomic E-state index is 6.26. The van der Waals surface area contributed by atoms with Crippen molar-refractivity contribution < 1.29 is 4.74 Å². The van der Waals surface area contributed by atoms with Crippen molar-refractivity contribution in [2.45, 2.75) is 51.6 Å². The van der Waals surface area contributed by atoms with E-state index in [9.17, 15) is 0 Å². The zero-order chi connectivity index (χ0) is 14.8. The molecule has 0 aromatic heterocycles.